The maximum atomic E-state index is 12.5. The van der Waals surface area contributed by atoms with Gasteiger partial charge in [0.25, 0.3) is 0 Å². The van der Waals surface area contributed by atoms with E-state index in [1.165, 1.54) is 28.7 Å². The Morgan fingerprint density at radius 1 is 1.38 bits per heavy atom. The molecule has 1 N–H and O–H groups in total. The molecule has 1 aliphatic rings. The van der Waals surface area contributed by atoms with E-state index in [9.17, 15) is 4.79 Å². The SMILES string of the molecule is C[C@H](Sc1nncs1)C(=O)NC1(c2ccccc2)CCC1. The fourth-order valence-corrected chi connectivity index (χ4v) is 4.16. The van der Waals surface area contributed by atoms with Gasteiger partial charge in [-0.25, -0.2) is 0 Å². The fourth-order valence-electron chi connectivity index (χ4n) is 2.53. The molecule has 0 saturated heterocycles. The van der Waals surface area contributed by atoms with Gasteiger partial charge in [-0.05, 0) is 31.7 Å². The summed E-state index contributed by atoms with van der Waals surface area (Å²) in [5.74, 6) is 0.0683. The first-order valence-electron chi connectivity index (χ1n) is 7.00. The quantitative estimate of drug-likeness (QED) is 0.860. The van der Waals surface area contributed by atoms with Crippen LogP contribution in [0.2, 0.25) is 0 Å². The third-order valence-corrected chi connectivity index (χ3v) is 5.79. The standard InChI is InChI=1S/C15H17N3OS2/c1-11(21-14-18-16-10-20-14)13(19)17-15(8-5-9-15)12-6-3-2-4-7-12/h2-4,6-7,10-11H,5,8-9H2,1H3,(H,17,19)/t11-/m0/s1. The number of aromatic nitrogens is 2. The van der Waals surface area contributed by atoms with Gasteiger partial charge in [0.15, 0.2) is 4.34 Å². The highest BCUT2D eigenvalue weighted by Crippen LogP contribution is 2.41. The first-order valence-corrected chi connectivity index (χ1v) is 8.76. The number of thioether (sulfide) groups is 1. The van der Waals surface area contributed by atoms with Crippen molar-refractivity contribution in [2.24, 2.45) is 0 Å². The second-order valence-electron chi connectivity index (χ2n) is 5.26. The summed E-state index contributed by atoms with van der Waals surface area (Å²) in [5.41, 5.74) is 2.72. The van der Waals surface area contributed by atoms with Crippen molar-refractivity contribution in [2.45, 2.75) is 41.3 Å². The molecule has 0 bridgehead atoms. The molecule has 0 aliphatic heterocycles. The first-order chi connectivity index (χ1) is 10.2. The zero-order chi connectivity index (χ0) is 14.7. The van der Waals surface area contributed by atoms with Crippen LogP contribution in [0.1, 0.15) is 31.7 Å². The molecule has 1 atom stereocenters. The van der Waals surface area contributed by atoms with Crippen LogP contribution in [0.3, 0.4) is 0 Å². The van der Waals surface area contributed by atoms with Crippen molar-refractivity contribution < 1.29 is 4.79 Å². The summed E-state index contributed by atoms with van der Waals surface area (Å²) in [6.45, 7) is 1.92. The smallest absolute Gasteiger partial charge is 0.233 e. The highest BCUT2D eigenvalue weighted by atomic mass is 32.2. The Bertz CT molecular complexity index is 597. The van der Waals surface area contributed by atoms with Crippen molar-refractivity contribution in [3.05, 3.63) is 41.4 Å². The summed E-state index contributed by atoms with van der Waals surface area (Å²) in [5, 5.41) is 10.9. The topological polar surface area (TPSA) is 54.9 Å². The molecule has 0 unspecified atom stereocenters. The summed E-state index contributed by atoms with van der Waals surface area (Å²) in [6, 6.07) is 10.3. The second-order valence-corrected chi connectivity index (χ2v) is 7.68. The number of nitrogens with zero attached hydrogens (tertiary/aromatic N) is 2. The average Bonchev–Trinajstić information content (AvgIpc) is 2.96. The Balaban J connectivity index is 1.68. The van der Waals surface area contributed by atoms with Crippen molar-refractivity contribution >= 4 is 29.0 Å². The Morgan fingerprint density at radius 2 is 2.14 bits per heavy atom. The third kappa shape index (κ3) is 3.11. The minimum absolute atomic E-state index is 0.0683. The van der Waals surface area contributed by atoms with E-state index in [1.807, 2.05) is 25.1 Å². The van der Waals surface area contributed by atoms with E-state index in [0.717, 1.165) is 23.6 Å². The van der Waals surface area contributed by atoms with Gasteiger partial charge in [-0.2, -0.15) is 0 Å². The predicted octanol–water partition coefficient (Wildman–Crippen LogP) is 3.21. The van der Waals surface area contributed by atoms with Crippen molar-refractivity contribution in [3.63, 3.8) is 0 Å². The Labute approximate surface area is 132 Å². The summed E-state index contributed by atoms with van der Waals surface area (Å²) in [6.07, 6.45) is 3.19. The Morgan fingerprint density at radius 3 is 2.71 bits per heavy atom. The van der Waals surface area contributed by atoms with Crippen LogP contribution in [-0.4, -0.2) is 21.4 Å². The van der Waals surface area contributed by atoms with Gasteiger partial charge < -0.3 is 5.32 Å². The minimum atomic E-state index is -0.172. The highest BCUT2D eigenvalue weighted by Gasteiger charge is 2.40. The number of nitrogens with one attached hydrogen (secondary N) is 1. The molecule has 1 amide bonds. The fraction of sp³-hybridized carbons (Fsp3) is 0.400. The van der Waals surface area contributed by atoms with Crippen LogP contribution >= 0.6 is 23.1 Å². The number of amides is 1. The van der Waals surface area contributed by atoms with Crippen molar-refractivity contribution in [1.82, 2.24) is 15.5 Å². The van der Waals surface area contributed by atoms with E-state index < -0.39 is 0 Å². The van der Waals surface area contributed by atoms with Crippen molar-refractivity contribution in [1.29, 1.82) is 0 Å². The van der Waals surface area contributed by atoms with Gasteiger partial charge in [0.05, 0.1) is 10.8 Å². The van der Waals surface area contributed by atoms with E-state index in [0.29, 0.717) is 0 Å². The molecule has 1 aliphatic carbocycles. The molecule has 2 aromatic rings. The van der Waals surface area contributed by atoms with Crippen LogP contribution < -0.4 is 5.32 Å². The Hall–Kier alpha value is -1.40. The van der Waals surface area contributed by atoms with Crippen LogP contribution in [0.15, 0.2) is 40.2 Å². The maximum Gasteiger partial charge on any atom is 0.233 e. The largest absolute Gasteiger partial charge is 0.346 e. The lowest BCUT2D eigenvalue weighted by Crippen LogP contribution is -2.52. The van der Waals surface area contributed by atoms with Crippen LogP contribution in [0.5, 0.6) is 0 Å². The maximum absolute atomic E-state index is 12.5. The zero-order valence-electron chi connectivity index (χ0n) is 11.8. The van der Waals surface area contributed by atoms with Crippen LogP contribution in [0.25, 0.3) is 0 Å². The molecule has 0 spiro atoms. The predicted molar refractivity (Wildman–Crippen MR) is 85.3 cm³/mol. The average molecular weight is 319 g/mol. The molecule has 1 aromatic heterocycles. The zero-order valence-corrected chi connectivity index (χ0v) is 13.4. The van der Waals surface area contributed by atoms with Gasteiger partial charge in [0.2, 0.25) is 5.91 Å². The van der Waals surface area contributed by atoms with Crippen LogP contribution in [0.4, 0.5) is 0 Å². The first kappa shape index (κ1) is 14.5. The summed E-state index contributed by atoms with van der Waals surface area (Å²) in [7, 11) is 0. The summed E-state index contributed by atoms with van der Waals surface area (Å²) >= 11 is 2.93. The van der Waals surface area contributed by atoms with E-state index in [-0.39, 0.29) is 16.7 Å². The highest BCUT2D eigenvalue weighted by molar-refractivity contribution is 8.02. The van der Waals surface area contributed by atoms with E-state index >= 15 is 0 Å². The molecular weight excluding hydrogens is 302 g/mol. The van der Waals surface area contributed by atoms with Crippen molar-refractivity contribution in [3.8, 4) is 0 Å². The molecule has 6 heteroatoms. The molecule has 1 saturated carbocycles. The number of hydrogen-bond acceptors (Lipinski definition) is 5. The van der Waals surface area contributed by atoms with Crippen LogP contribution in [-0.2, 0) is 10.3 Å². The molecule has 21 heavy (non-hydrogen) atoms. The van der Waals surface area contributed by atoms with Gasteiger partial charge in [-0.1, -0.05) is 53.4 Å². The van der Waals surface area contributed by atoms with Crippen LogP contribution in [0, 0.1) is 0 Å². The van der Waals surface area contributed by atoms with Gasteiger partial charge in [0, 0.05) is 0 Å². The number of rotatable bonds is 5. The van der Waals surface area contributed by atoms with Gasteiger partial charge in [-0.15, -0.1) is 10.2 Å². The van der Waals surface area contributed by atoms with E-state index in [4.69, 9.17) is 0 Å². The number of carbonyl (C=O) groups excluding carboxylic acids is 1. The Kier molecular flexibility index (Phi) is 4.26. The molecule has 1 heterocycles. The molecule has 0 radical (unpaired) electrons. The van der Waals surface area contributed by atoms with Crippen molar-refractivity contribution in [2.75, 3.05) is 0 Å². The minimum Gasteiger partial charge on any atom is -0.346 e. The molecule has 4 nitrogen and oxygen atoms in total. The lowest BCUT2D eigenvalue weighted by molar-refractivity contribution is -0.123. The van der Waals surface area contributed by atoms with Gasteiger partial charge in [-0.3, -0.25) is 4.79 Å². The molecule has 3 rings (SSSR count). The molecule has 1 aromatic carbocycles. The number of hydrogen-bond donors (Lipinski definition) is 1. The molecular formula is C15H17N3OS2. The normalized spacial score (nSPS) is 17.8. The third-order valence-electron chi connectivity index (χ3n) is 3.88. The summed E-state index contributed by atoms with van der Waals surface area (Å²) < 4.78 is 0.833. The van der Waals surface area contributed by atoms with Gasteiger partial charge >= 0.3 is 0 Å². The number of benzene rings is 1. The monoisotopic (exact) mass is 319 g/mol. The lowest BCUT2D eigenvalue weighted by Gasteiger charge is -2.43. The summed E-state index contributed by atoms with van der Waals surface area (Å²) in [4.78, 5) is 12.5. The molecule has 1 fully saturated rings. The van der Waals surface area contributed by atoms with E-state index in [1.54, 1.807) is 5.51 Å². The lowest BCUT2D eigenvalue weighted by atomic mass is 9.71. The van der Waals surface area contributed by atoms with E-state index in [2.05, 4.69) is 27.6 Å². The second kappa shape index (κ2) is 6.15. The van der Waals surface area contributed by atoms with Gasteiger partial charge in [0.1, 0.15) is 5.51 Å². The molecule has 110 valence electrons. The number of carbonyl (C=O) groups is 1.